The van der Waals surface area contributed by atoms with E-state index in [1.54, 1.807) is 19.1 Å². The largest absolute Gasteiger partial charge is 0.496 e. The fourth-order valence-electron chi connectivity index (χ4n) is 2.36. The first-order chi connectivity index (χ1) is 9.61. The second-order valence-corrected chi connectivity index (χ2v) is 5.06. The Kier molecular flexibility index (Phi) is 6.95. The average Bonchev–Trinajstić information content (AvgIpc) is 2.47. The molecule has 1 N–H and O–H groups in total. The number of halogens is 1. The number of carbonyl (C=O) groups is 1. The van der Waals surface area contributed by atoms with Gasteiger partial charge in [-0.25, -0.2) is 0 Å². The van der Waals surface area contributed by atoms with Crippen molar-refractivity contribution in [3.63, 3.8) is 0 Å². The lowest BCUT2D eigenvalue weighted by Crippen LogP contribution is -2.48. The number of methoxy groups -OCH3 is 1. The molecule has 0 saturated carbocycles. The van der Waals surface area contributed by atoms with E-state index < -0.39 is 0 Å². The summed E-state index contributed by atoms with van der Waals surface area (Å²) in [4.78, 5) is 14.0. The van der Waals surface area contributed by atoms with E-state index in [9.17, 15) is 4.79 Å². The van der Waals surface area contributed by atoms with E-state index in [2.05, 4.69) is 5.32 Å². The van der Waals surface area contributed by atoms with Crippen LogP contribution in [-0.4, -0.2) is 50.8 Å². The highest BCUT2D eigenvalue weighted by Gasteiger charge is 2.24. The van der Waals surface area contributed by atoms with Gasteiger partial charge in [-0.3, -0.25) is 4.79 Å². The van der Waals surface area contributed by atoms with Gasteiger partial charge < -0.3 is 19.7 Å². The van der Waals surface area contributed by atoms with E-state index in [0.717, 1.165) is 23.4 Å². The smallest absolute Gasteiger partial charge is 0.253 e. The Labute approximate surface area is 132 Å². The average molecular weight is 315 g/mol. The summed E-state index contributed by atoms with van der Waals surface area (Å²) in [6.07, 6.45) is -0.368. The molecular formula is C15H23ClN2O3. The number of benzene rings is 1. The van der Waals surface area contributed by atoms with Gasteiger partial charge in [-0.05, 0) is 24.1 Å². The summed E-state index contributed by atoms with van der Waals surface area (Å²) in [6.45, 7) is 4.56. The Morgan fingerprint density at radius 1 is 1.52 bits per heavy atom. The van der Waals surface area contributed by atoms with Crippen LogP contribution in [0, 0.1) is 6.92 Å². The zero-order chi connectivity index (χ0) is 14.5. The van der Waals surface area contributed by atoms with Crippen molar-refractivity contribution in [2.24, 2.45) is 0 Å². The summed E-state index contributed by atoms with van der Waals surface area (Å²) < 4.78 is 10.7. The van der Waals surface area contributed by atoms with E-state index in [4.69, 9.17) is 9.47 Å². The maximum atomic E-state index is 12.2. The standard InChI is InChI=1S/C15H22N2O3.ClH/c1-11-8-12(4-5-13(11)19-3)10-17(2)15(18)14-9-16-6-7-20-14;/h4-5,8,14,16H,6-7,9-10H2,1-3H3;1H. The molecule has 0 radical (unpaired) electrons. The van der Waals surface area contributed by atoms with Gasteiger partial charge in [0.15, 0.2) is 0 Å². The number of nitrogens with zero attached hydrogens (tertiary/aromatic N) is 1. The lowest BCUT2D eigenvalue weighted by molar-refractivity contribution is -0.144. The molecule has 21 heavy (non-hydrogen) atoms. The molecule has 1 aromatic carbocycles. The second-order valence-electron chi connectivity index (χ2n) is 5.06. The van der Waals surface area contributed by atoms with Crippen molar-refractivity contribution >= 4 is 18.3 Å². The van der Waals surface area contributed by atoms with Crippen LogP contribution in [0.25, 0.3) is 0 Å². The van der Waals surface area contributed by atoms with Gasteiger partial charge in [-0.1, -0.05) is 12.1 Å². The third-order valence-corrected chi connectivity index (χ3v) is 3.46. The zero-order valence-corrected chi connectivity index (χ0v) is 13.5. The van der Waals surface area contributed by atoms with E-state index in [0.29, 0.717) is 19.7 Å². The quantitative estimate of drug-likeness (QED) is 0.912. The molecule has 1 atom stereocenters. The summed E-state index contributed by atoms with van der Waals surface area (Å²) in [6, 6.07) is 5.96. The number of hydrogen-bond donors (Lipinski definition) is 1. The zero-order valence-electron chi connectivity index (χ0n) is 12.7. The molecule has 5 nitrogen and oxygen atoms in total. The number of nitrogens with one attached hydrogen (secondary N) is 1. The highest BCUT2D eigenvalue weighted by atomic mass is 35.5. The Morgan fingerprint density at radius 2 is 2.29 bits per heavy atom. The highest BCUT2D eigenvalue weighted by molar-refractivity contribution is 5.85. The number of ether oxygens (including phenoxy) is 2. The van der Waals surface area contributed by atoms with E-state index in [1.807, 2.05) is 25.1 Å². The molecule has 1 unspecified atom stereocenters. The fourth-order valence-corrected chi connectivity index (χ4v) is 2.36. The molecule has 1 amide bonds. The Hall–Kier alpha value is -1.30. The van der Waals surface area contributed by atoms with Crippen LogP contribution < -0.4 is 10.1 Å². The van der Waals surface area contributed by atoms with Crippen LogP contribution >= 0.6 is 12.4 Å². The third kappa shape index (κ3) is 4.59. The molecule has 1 saturated heterocycles. The lowest BCUT2D eigenvalue weighted by atomic mass is 10.1. The topological polar surface area (TPSA) is 50.8 Å². The molecule has 0 spiro atoms. The van der Waals surface area contributed by atoms with Gasteiger partial charge in [0, 0.05) is 26.7 Å². The van der Waals surface area contributed by atoms with Crippen LogP contribution in [0.2, 0.25) is 0 Å². The Balaban J connectivity index is 0.00000220. The predicted octanol–water partition coefficient (Wildman–Crippen LogP) is 1.37. The number of carbonyl (C=O) groups excluding carboxylic acids is 1. The van der Waals surface area contributed by atoms with Crippen LogP contribution in [0.4, 0.5) is 0 Å². The summed E-state index contributed by atoms with van der Waals surface area (Å²) >= 11 is 0. The molecule has 0 aromatic heterocycles. The number of rotatable bonds is 4. The summed E-state index contributed by atoms with van der Waals surface area (Å²) in [5.41, 5.74) is 2.16. The Bertz CT molecular complexity index is 476. The van der Waals surface area contributed by atoms with Gasteiger partial charge in [-0.2, -0.15) is 0 Å². The Morgan fingerprint density at radius 3 is 2.86 bits per heavy atom. The van der Waals surface area contributed by atoms with Crippen molar-refractivity contribution in [1.82, 2.24) is 10.2 Å². The molecule has 0 aliphatic carbocycles. The van der Waals surface area contributed by atoms with Crippen molar-refractivity contribution in [3.8, 4) is 5.75 Å². The maximum absolute atomic E-state index is 12.2. The number of hydrogen-bond acceptors (Lipinski definition) is 4. The number of morpholine rings is 1. The first kappa shape index (κ1) is 17.8. The van der Waals surface area contributed by atoms with E-state index >= 15 is 0 Å². The molecule has 118 valence electrons. The monoisotopic (exact) mass is 314 g/mol. The SMILES string of the molecule is COc1ccc(CN(C)C(=O)C2CNCCO2)cc1C.Cl. The molecule has 1 aromatic rings. The van der Waals surface area contributed by atoms with Gasteiger partial charge >= 0.3 is 0 Å². The normalized spacial score (nSPS) is 17.8. The first-order valence-electron chi connectivity index (χ1n) is 6.82. The minimum Gasteiger partial charge on any atom is -0.496 e. The second kappa shape index (κ2) is 8.22. The minimum atomic E-state index is -0.368. The van der Waals surface area contributed by atoms with Crippen molar-refractivity contribution in [3.05, 3.63) is 29.3 Å². The molecular weight excluding hydrogens is 292 g/mol. The fraction of sp³-hybridized carbons (Fsp3) is 0.533. The van der Waals surface area contributed by atoms with Gasteiger partial charge in [0.05, 0.1) is 13.7 Å². The number of amides is 1. The van der Waals surface area contributed by atoms with E-state index in [1.165, 1.54) is 0 Å². The van der Waals surface area contributed by atoms with Crippen LogP contribution in [0.5, 0.6) is 5.75 Å². The first-order valence-corrected chi connectivity index (χ1v) is 6.82. The van der Waals surface area contributed by atoms with Crippen LogP contribution in [0.3, 0.4) is 0 Å². The van der Waals surface area contributed by atoms with Gasteiger partial charge in [0.1, 0.15) is 11.9 Å². The molecule has 1 heterocycles. The molecule has 1 fully saturated rings. The molecule has 6 heteroatoms. The highest BCUT2D eigenvalue weighted by Crippen LogP contribution is 2.19. The van der Waals surface area contributed by atoms with Crippen LogP contribution in [0.1, 0.15) is 11.1 Å². The molecule has 2 rings (SSSR count). The van der Waals surface area contributed by atoms with Gasteiger partial charge in [-0.15, -0.1) is 12.4 Å². The third-order valence-electron chi connectivity index (χ3n) is 3.46. The maximum Gasteiger partial charge on any atom is 0.253 e. The summed E-state index contributed by atoms with van der Waals surface area (Å²) in [5.74, 6) is 0.883. The molecule has 0 bridgehead atoms. The summed E-state index contributed by atoms with van der Waals surface area (Å²) in [5, 5.41) is 3.17. The van der Waals surface area contributed by atoms with E-state index in [-0.39, 0.29) is 24.4 Å². The number of likely N-dealkylation sites (N-methyl/N-ethyl adjacent to an activating group) is 1. The number of aryl methyl sites for hydroxylation is 1. The minimum absolute atomic E-state index is 0. The van der Waals surface area contributed by atoms with Crippen molar-refractivity contribution < 1.29 is 14.3 Å². The van der Waals surface area contributed by atoms with Gasteiger partial charge in [0.25, 0.3) is 5.91 Å². The van der Waals surface area contributed by atoms with Crippen molar-refractivity contribution in [1.29, 1.82) is 0 Å². The van der Waals surface area contributed by atoms with Gasteiger partial charge in [0.2, 0.25) is 0 Å². The lowest BCUT2D eigenvalue weighted by Gasteiger charge is -2.27. The molecule has 1 aliphatic heterocycles. The van der Waals surface area contributed by atoms with Crippen LogP contribution in [-0.2, 0) is 16.1 Å². The van der Waals surface area contributed by atoms with Crippen molar-refractivity contribution in [2.75, 3.05) is 33.9 Å². The van der Waals surface area contributed by atoms with Crippen LogP contribution in [0.15, 0.2) is 18.2 Å². The predicted molar refractivity (Wildman–Crippen MR) is 84.1 cm³/mol. The molecule has 1 aliphatic rings. The van der Waals surface area contributed by atoms with Crippen molar-refractivity contribution in [2.45, 2.75) is 19.6 Å². The summed E-state index contributed by atoms with van der Waals surface area (Å²) in [7, 11) is 3.46.